The highest BCUT2D eigenvalue weighted by atomic mass is 15.2. The molecule has 1 N–H and O–H groups in total. The van der Waals surface area contributed by atoms with Gasteiger partial charge in [-0.15, -0.1) is 0 Å². The lowest BCUT2D eigenvalue weighted by Crippen LogP contribution is -2.26. The highest BCUT2D eigenvalue weighted by Gasteiger charge is 2.27. The Kier molecular flexibility index (Phi) is 4.14. The van der Waals surface area contributed by atoms with Crippen molar-refractivity contribution in [2.45, 2.75) is 37.8 Å². The third-order valence-electron chi connectivity index (χ3n) is 4.70. The second kappa shape index (κ2) is 6.58. The fourth-order valence-corrected chi connectivity index (χ4v) is 3.29. The quantitative estimate of drug-likeness (QED) is 0.918. The summed E-state index contributed by atoms with van der Waals surface area (Å²) in [6.07, 6.45) is 5.43. The summed E-state index contributed by atoms with van der Waals surface area (Å²) in [6, 6.07) is 12.5. The van der Waals surface area contributed by atoms with Gasteiger partial charge in [0.1, 0.15) is 11.6 Å². The average Bonchev–Trinajstić information content (AvgIpc) is 3.38. The maximum atomic E-state index is 9.01. The third-order valence-corrected chi connectivity index (χ3v) is 4.70. The molecule has 4 rings (SSSR count). The van der Waals surface area contributed by atoms with Crippen molar-refractivity contribution in [1.82, 2.24) is 14.9 Å². The molecule has 1 saturated heterocycles. The van der Waals surface area contributed by atoms with Crippen LogP contribution in [0.3, 0.4) is 0 Å². The summed E-state index contributed by atoms with van der Waals surface area (Å²) in [5.74, 6) is 2.52. The van der Waals surface area contributed by atoms with Crippen LogP contribution in [0.1, 0.15) is 42.1 Å². The van der Waals surface area contributed by atoms with Crippen molar-refractivity contribution in [3.63, 3.8) is 0 Å². The lowest BCUT2D eigenvalue weighted by atomic mass is 10.1. The van der Waals surface area contributed by atoms with Gasteiger partial charge in [-0.3, -0.25) is 4.90 Å². The van der Waals surface area contributed by atoms with Crippen molar-refractivity contribution in [3.05, 3.63) is 53.5 Å². The summed E-state index contributed by atoms with van der Waals surface area (Å²) in [5, 5.41) is 12.6. The Morgan fingerprint density at radius 2 is 2.17 bits per heavy atom. The van der Waals surface area contributed by atoms with E-state index in [4.69, 9.17) is 5.26 Å². The van der Waals surface area contributed by atoms with Gasteiger partial charge in [0.15, 0.2) is 0 Å². The van der Waals surface area contributed by atoms with Gasteiger partial charge in [-0.05, 0) is 43.0 Å². The van der Waals surface area contributed by atoms with E-state index in [1.54, 1.807) is 0 Å². The maximum Gasteiger partial charge on any atom is 0.133 e. The molecule has 1 atom stereocenters. The van der Waals surface area contributed by atoms with Crippen molar-refractivity contribution in [1.29, 1.82) is 5.26 Å². The normalized spacial score (nSPS) is 20.7. The van der Waals surface area contributed by atoms with Gasteiger partial charge in [-0.25, -0.2) is 9.97 Å². The summed E-state index contributed by atoms with van der Waals surface area (Å²) >= 11 is 0. The van der Waals surface area contributed by atoms with E-state index in [0.717, 1.165) is 43.3 Å². The molecule has 2 aromatic rings. The lowest BCUT2D eigenvalue weighted by molar-refractivity contribution is 0.328. The van der Waals surface area contributed by atoms with E-state index in [-0.39, 0.29) is 0 Å². The molecule has 1 unspecified atom stereocenters. The van der Waals surface area contributed by atoms with E-state index in [1.165, 1.54) is 18.4 Å². The standard InChI is InChI=1S/C19H21N5/c20-11-14-2-1-3-15(10-14)12-24-9-7-17(13-24)22-18-6-8-21-19(23-18)16-4-5-16/h1-3,6,8,10,16-17H,4-5,7,9,12-13H2,(H,21,22,23). The Labute approximate surface area is 142 Å². The minimum absolute atomic E-state index is 0.422. The fraction of sp³-hybridized carbons (Fsp3) is 0.421. The van der Waals surface area contributed by atoms with Crippen molar-refractivity contribution in [2.75, 3.05) is 18.4 Å². The number of rotatable bonds is 5. The van der Waals surface area contributed by atoms with Crippen molar-refractivity contribution >= 4 is 5.82 Å². The van der Waals surface area contributed by atoms with E-state index >= 15 is 0 Å². The molecule has 1 aromatic heterocycles. The Morgan fingerprint density at radius 3 is 3.00 bits per heavy atom. The first-order valence-corrected chi connectivity index (χ1v) is 8.61. The predicted molar refractivity (Wildman–Crippen MR) is 92.5 cm³/mol. The molecule has 1 aromatic carbocycles. The van der Waals surface area contributed by atoms with Crippen LogP contribution in [0, 0.1) is 11.3 Å². The highest BCUT2D eigenvalue weighted by Crippen LogP contribution is 2.38. The molecule has 2 heterocycles. The van der Waals surface area contributed by atoms with Crippen LogP contribution in [-0.4, -0.2) is 34.0 Å². The van der Waals surface area contributed by atoms with Gasteiger partial charge >= 0.3 is 0 Å². The fourth-order valence-electron chi connectivity index (χ4n) is 3.29. The topological polar surface area (TPSA) is 64.8 Å². The first-order chi connectivity index (χ1) is 11.8. The maximum absolute atomic E-state index is 9.01. The first kappa shape index (κ1) is 15.1. The molecule has 122 valence electrons. The van der Waals surface area contributed by atoms with E-state index in [0.29, 0.717) is 12.0 Å². The number of likely N-dealkylation sites (tertiary alicyclic amines) is 1. The zero-order chi connectivity index (χ0) is 16.4. The van der Waals surface area contributed by atoms with Gasteiger partial charge < -0.3 is 5.32 Å². The second-order valence-corrected chi connectivity index (χ2v) is 6.75. The third kappa shape index (κ3) is 3.55. The first-order valence-electron chi connectivity index (χ1n) is 8.61. The molecule has 0 bridgehead atoms. The molecule has 0 amide bonds. The zero-order valence-electron chi connectivity index (χ0n) is 13.7. The van der Waals surface area contributed by atoms with E-state index in [9.17, 15) is 0 Å². The van der Waals surface area contributed by atoms with Gasteiger partial charge in [-0.1, -0.05) is 12.1 Å². The van der Waals surface area contributed by atoms with Crippen LogP contribution in [0.4, 0.5) is 5.82 Å². The van der Waals surface area contributed by atoms with E-state index in [1.807, 2.05) is 30.5 Å². The van der Waals surface area contributed by atoms with Gasteiger partial charge in [0, 0.05) is 37.8 Å². The number of nitriles is 1. The molecule has 5 heteroatoms. The number of aromatic nitrogens is 2. The van der Waals surface area contributed by atoms with Crippen LogP contribution in [-0.2, 0) is 6.54 Å². The molecule has 1 aliphatic heterocycles. The average molecular weight is 319 g/mol. The van der Waals surface area contributed by atoms with Crippen molar-refractivity contribution in [2.24, 2.45) is 0 Å². The molecule has 2 fully saturated rings. The van der Waals surface area contributed by atoms with E-state index < -0.39 is 0 Å². The second-order valence-electron chi connectivity index (χ2n) is 6.75. The highest BCUT2D eigenvalue weighted by molar-refractivity contribution is 5.36. The monoisotopic (exact) mass is 319 g/mol. The minimum Gasteiger partial charge on any atom is -0.366 e. The summed E-state index contributed by atoms with van der Waals surface area (Å²) in [4.78, 5) is 11.5. The zero-order valence-corrected chi connectivity index (χ0v) is 13.7. The van der Waals surface area contributed by atoms with Crippen molar-refractivity contribution in [3.8, 4) is 6.07 Å². The minimum atomic E-state index is 0.422. The molecule has 1 saturated carbocycles. The van der Waals surface area contributed by atoms with Crippen LogP contribution in [0.25, 0.3) is 0 Å². The molecule has 1 aliphatic carbocycles. The number of benzene rings is 1. The summed E-state index contributed by atoms with van der Waals surface area (Å²) in [6.45, 7) is 2.96. The Balaban J connectivity index is 1.34. The van der Waals surface area contributed by atoms with Gasteiger partial charge in [0.25, 0.3) is 0 Å². The number of hydrogen-bond acceptors (Lipinski definition) is 5. The number of nitrogens with one attached hydrogen (secondary N) is 1. The van der Waals surface area contributed by atoms with Crippen LogP contribution in [0.15, 0.2) is 36.5 Å². The Morgan fingerprint density at radius 1 is 1.25 bits per heavy atom. The molecular formula is C19H21N5. The number of hydrogen-bond donors (Lipinski definition) is 1. The predicted octanol–water partition coefficient (Wildman–Crippen LogP) is 2.91. The summed E-state index contributed by atoms with van der Waals surface area (Å²) in [5.41, 5.74) is 1.93. The smallest absolute Gasteiger partial charge is 0.133 e. The number of anilines is 1. The van der Waals surface area contributed by atoms with Crippen LogP contribution < -0.4 is 5.32 Å². The summed E-state index contributed by atoms with van der Waals surface area (Å²) < 4.78 is 0. The van der Waals surface area contributed by atoms with Gasteiger partial charge in [0.05, 0.1) is 11.6 Å². The Bertz CT molecular complexity index is 762. The molecule has 24 heavy (non-hydrogen) atoms. The van der Waals surface area contributed by atoms with Crippen molar-refractivity contribution < 1.29 is 0 Å². The van der Waals surface area contributed by atoms with Gasteiger partial charge in [0.2, 0.25) is 0 Å². The van der Waals surface area contributed by atoms with Crippen LogP contribution in [0.2, 0.25) is 0 Å². The SMILES string of the molecule is N#Cc1cccc(CN2CCC(Nc3ccnc(C4CC4)n3)C2)c1. The van der Waals surface area contributed by atoms with Crippen LogP contribution in [0.5, 0.6) is 0 Å². The molecule has 5 nitrogen and oxygen atoms in total. The number of nitrogens with zero attached hydrogens (tertiary/aromatic N) is 4. The van der Waals surface area contributed by atoms with Crippen LogP contribution >= 0.6 is 0 Å². The lowest BCUT2D eigenvalue weighted by Gasteiger charge is -2.17. The molecule has 2 aliphatic rings. The molecule has 0 radical (unpaired) electrons. The summed E-state index contributed by atoms with van der Waals surface area (Å²) in [7, 11) is 0. The molecule has 0 spiro atoms. The van der Waals surface area contributed by atoms with E-state index in [2.05, 4.69) is 32.3 Å². The Hall–Kier alpha value is -2.45. The largest absolute Gasteiger partial charge is 0.366 e. The van der Waals surface area contributed by atoms with Gasteiger partial charge in [-0.2, -0.15) is 5.26 Å². The molecular weight excluding hydrogens is 298 g/mol.